The molecule has 1 aliphatic heterocycles. The molecule has 2 fully saturated rings. The van der Waals surface area contributed by atoms with E-state index in [1.807, 2.05) is 36.1 Å². The zero-order valence-corrected chi connectivity index (χ0v) is 20.1. The first-order valence-corrected chi connectivity index (χ1v) is 12.5. The van der Waals surface area contributed by atoms with Crippen molar-refractivity contribution in [3.63, 3.8) is 0 Å². The van der Waals surface area contributed by atoms with Gasteiger partial charge in [-0.1, -0.05) is 36.8 Å². The molecule has 7 rings (SSSR count). The van der Waals surface area contributed by atoms with Crippen molar-refractivity contribution in [1.29, 1.82) is 0 Å². The van der Waals surface area contributed by atoms with Gasteiger partial charge in [0.1, 0.15) is 12.1 Å². The van der Waals surface area contributed by atoms with Gasteiger partial charge in [0.05, 0.1) is 12.2 Å². The van der Waals surface area contributed by atoms with Crippen molar-refractivity contribution >= 4 is 17.6 Å². The molecule has 5 aliphatic rings. The Morgan fingerprint density at radius 3 is 2.85 bits per heavy atom. The van der Waals surface area contributed by atoms with Gasteiger partial charge in [-0.2, -0.15) is 0 Å². The Hall–Kier alpha value is -3.02. The summed E-state index contributed by atoms with van der Waals surface area (Å²) in [6.45, 7) is 5.36. The molecule has 3 unspecified atom stereocenters. The molecule has 0 spiro atoms. The molecule has 6 heteroatoms. The van der Waals surface area contributed by atoms with E-state index in [2.05, 4.69) is 28.3 Å². The zero-order valence-electron chi connectivity index (χ0n) is 20.1. The number of anilines is 1. The van der Waals surface area contributed by atoms with Gasteiger partial charge in [0, 0.05) is 24.1 Å². The Morgan fingerprint density at radius 1 is 1.21 bits per heavy atom. The van der Waals surface area contributed by atoms with Gasteiger partial charge >= 0.3 is 0 Å². The number of nitrogens with zero attached hydrogens (tertiary/aromatic N) is 3. The van der Waals surface area contributed by atoms with Crippen LogP contribution in [0, 0.1) is 23.7 Å². The highest BCUT2D eigenvalue weighted by atomic mass is 16.2. The normalized spacial score (nSPS) is 28.9. The average molecular weight is 457 g/mol. The molecule has 1 aromatic heterocycles. The molecule has 34 heavy (non-hydrogen) atoms. The maximum Gasteiger partial charge on any atom is 0.254 e. The second-order valence-electron chi connectivity index (χ2n) is 11.5. The minimum atomic E-state index is 0.0255. The molecule has 6 nitrogen and oxygen atoms in total. The van der Waals surface area contributed by atoms with E-state index in [0.717, 1.165) is 41.1 Å². The summed E-state index contributed by atoms with van der Waals surface area (Å²) < 4.78 is 0. The number of aryl methyl sites for hydroxylation is 1. The number of fused-ring (bicyclic) bond motifs is 1. The number of amides is 2. The van der Waals surface area contributed by atoms with E-state index < -0.39 is 0 Å². The number of hydrogen-bond acceptors (Lipinski definition) is 4. The first-order chi connectivity index (χ1) is 16.3. The van der Waals surface area contributed by atoms with E-state index in [1.165, 1.54) is 25.6 Å². The third-order valence-corrected chi connectivity index (χ3v) is 8.42. The zero-order chi connectivity index (χ0) is 23.5. The number of nitrogens with one attached hydrogen (secondary N) is 1. The molecular weight excluding hydrogens is 424 g/mol. The third-order valence-electron chi connectivity index (χ3n) is 8.42. The van der Waals surface area contributed by atoms with Crippen molar-refractivity contribution in [3.8, 4) is 0 Å². The van der Waals surface area contributed by atoms with E-state index in [9.17, 15) is 9.59 Å². The van der Waals surface area contributed by atoms with Crippen LogP contribution in [0.3, 0.4) is 0 Å². The molecule has 1 N–H and O–H groups in total. The second-order valence-corrected chi connectivity index (χ2v) is 11.5. The Labute approximate surface area is 200 Å². The van der Waals surface area contributed by atoms with Gasteiger partial charge in [-0.3, -0.25) is 9.59 Å². The molecule has 2 heterocycles. The molecule has 0 saturated heterocycles. The highest BCUT2D eigenvalue weighted by Crippen LogP contribution is 2.63. The number of carbonyl (C=O) groups is 2. The van der Waals surface area contributed by atoms with Gasteiger partial charge < -0.3 is 10.2 Å². The predicted octanol–water partition coefficient (Wildman–Crippen LogP) is 4.84. The first kappa shape index (κ1) is 21.5. The molecule has 4 aliphatic carbocycles. The maximum absolute atomic E-state index is 13.2. The van der Waals surface area contributed by atoms with Gasteiger partial charge in [-0.05, 0) is 73.8 Å². The van der Waals surface area contributed by atoms with Crippen LogP contribution < -0.4 is 5.32 Å². The third kappa shape index (κ3) is 3.73. The van der Waals surface area contributed by atoms with Crippen molar-refractivity contribution in [2.45, 2.75) is 65.3 Å². The number of rotatable bonds is 4. The van der Waals surface area contributed by atoms with Crippen molar-refractivity contribution < 1.29 is 9.59 Å². The number of aromatic nitrogens is 2. The minimum Gasteiger partial charge on any atom is -0.332 e. The predicted molar refractivity (Wildman–Crippen MR) is 130 cm³/mol. The Morgan fingerprint density at radius 2 is 2.06 bits per heavy atom. The molecular formula is C28H32N4O2. The Kier molecular flexibility index (Phi) is 4.91. The van der Waals surface area contributed by atoms with E-state index >= 15 is 0 Å². The van der Waals surface area contributed by atoms with Crippen LogP contribution in [0.15, 0.2) is 42.2 Å². The average Bonchev–Trinajstić information content (AvgIpc) is 2.76. The minimum absolute atomic E-state index is 0.0255. The molecule has 2 amide bonds. The van der Waals surface area contributed by atoms with Crippen LogP contribution in [0.5, 0.6) is 0 Å². The maximum atomic E-state index is 13.2. The molecule has 176 valence electrons. The summed E-state index contributed by atoms with van der Waals surface area (Å²) in [5.74, 6) is 1.44. The quantitative estimate of drug-likeness (QED) is 0.668. The number of carbonyl (C=O) groups excluding carboxylic acids is 2. The van der Waals surface area contributed by atoms with Crippen LogP contribution >= 0.6 is 0 Å². The van der Waals surface area contributed by atoms with Crippen molar-refractivity contribution in [1.82, 2.24) is 14.9 Å². The lowest BCUT2D eigenvalue weighted by atomic mass is 9.48. The Balaban J connectivity index is 1.16. The lowest BCUT2D eigenvalue weighted by molar-refractivity contribution is -0.121. The second kappa shape index (κ2) is 7.76. The van der Waals surface area contributed by atoms with E-state index in [4.69, 9.17) is 0 Å². The van der Waals surface area contributed by atoms with E-state index in [1.54, 1.807) is 5.57 Å². The number of hydrogen-bond donors (Lipinski definition) is 1. The first-order valence-electron chi connectivity index (χ1n) is 12.5. The fourth-order valence-electron chi connectivity index (χ4n) is 7.59. The van der Waals surface area contributed by atoms with Gasteiger partial charge in [0.15, 0.2) is 0 Å². The van der Waals surface area contributed by atoms with Gasteiger partial charge in [-0.15, -0.1) is 0 Å². The largest absolute Gasteiger partial charge is 0.332 e. The smallest absolute Gasteiger partial charge is 0.254 e. The van der Waals surface area contributed by atoms with Gasteiger partial charge in [0.25, 0.3) is 5.91 Å². The standard InChI is InChI=1S/C28H32N4O2/c1-18-5-3-4-6-21(18)26(34)32-8-7-22-23(15-32)29-17-30-25(22)31-24(33)14-28-12-19-9-20(13-28)11-27(2,10-19)16-28/h3-6,10,17,20H,7-9,11-16H2,1-2H3,(H,29,30,31,33). The summed E-state index contributed by atoms with van der Waals surface area (Å²) in [6.07, 6.45) is 11.1. The molecule has 2 saturated carbocycles. The lowest BCUT2D eigenvalue weighted by Gasteiger charge is -2.57. The molecule has 4 bridgehead atoms. The van der Waals surface area contributed by atoms with Crippen LogP contribution in [0.2, 0.25) is 0 Å². The van der Waals surface area contributed by atoms with Crippen LogP contribution in [0.1, 0.15) is 72.6 Å². The summed E-state index contributed by atoms with van der Waals surface area (Å²) in [5.41, 5.74) is 5.44. The highest BCUT2D eigenvalue weighted by Gasteiger charge is 2.52. The van der Waals surface area contributed by atoms with Crippen LogP contribution in [0.25, 0.3) is 0 Å². The fourth-order valence-corrected chi connectivity index (χ4v) is 7.59. The molecule has 3 atom stereocenters. The lowest BCUT2D eigenvalue weighted by Crippen LogP contribution is -2.47. The topological polar surface area (TPSA) is 75.2 Å². The molecule has 0 radical (unpaired) electrons. The fraction of sp³-hybridized carbons (Fsp3) is 0.500. The van der Waals surface area contributed by atoms with Crippen LogP contribution in [0.4, 0.5) is 5.82 Å². The SMILES string of the molecule is Cc1ccccc1C(=O)N1CCc2c(ncnc2NC(=O)CC23CC4=CC(C)(CC(C4)C2)C3)C1. The summed E-state index contributed by atoms with van der Waals surface area (Å²) in [6, 6.07) is 7.68. The summed E-state index contributed by atoms with van der Waals surface area (Å²) in [5, 5.41) is 3.13. The highest BCUT2D eigenvalue weighted by molar-refractivity contribution is 5.96. The molecule has 1 aromatic carbocycles. The van der Waals surface area contributed by atoms with Crippen molar-refractivity contribution in [2.24, 2.45) is 16.7 Å². The van der Waals surface area contributed by atoms with Crippen molar-refractivity contribution in [2.75, 3.05) is 11.9 Å². The van der Waals surface area contributed by atoms with Gasteiger partial charge in [-0.25, -0.2) is 9.97 Å². The van der Waals surface area contributed by atoms with E-state index in [0.29, 0.717) is 31.7 Å². The Bertz CT molecular complexity index is 1220. The summed E-state index contributed by atoms with van der Waals surface area (Å²) in [4.78, 5) is 37.0. The van der Waals surface area contributed by atoms with Crippen LogP contribution in [-0.4, -0.2) is 33.2 Å². The van der Waals surface area contributed by atoms with E-state index in [-0.39, 0.29) is 22.6 Å². The summed E-state index contributed by atoms with van der Waals surface area (Å²) in [7, 11) is 0. The number of benzene rings is 1. The molecule has 2 aromatic rings. The monoisotopic (exact) mass is 456 g/mol. The van der Waals surface area contributed by atoms with Gasteiger partial charge in [0.2, 0.25) is 5.91 Å². The summed E-state index contributed by atoms with van der Waals surface area (Å²) >= 11 is 0. The number of allylic oxidation sites excluding steroid dienone is 2. The van der Waals surface area contributed by atoms with Crippen LogP contribution in [-0.2, 0) is 17.8 Å². The van der Waals surface area contributed by atoms with Crippen molar-refractivity contribution in [3.05, 3.63) is 64.6 Å².